The number of nitrogens with one attached hydrogen (secondary N) is 1. The summed E-state index contributed by atoms with van der Waals surface area (Å²) < 4.78 is 38.6. The highest BCUT2D eigenvalue weighted by atomic mass is 19.4. The molecule has 1 fully saturated rings. The number of nitrogens with zero attached hydrogens (tertiary/aromatic N) is 1. The quantitative estimate of drug-likeness (QED) is 0.456. The number of aliphatic hydroxyl groups is 1. The summed E-state index contributed by atoms with van der Waals surface area (Å²) in [6.45, 7) is 6.35. The number of amidine groups is 1. The van der Waals surface area contributed by atoms with Crippen LogP contribution in [0.3, 0.4) is 0 Å². The first kappa shape index (κ1) is 25.0. The molecule has 1 aliphatic rings. The second-order valence-electron chi connectivity index (χ2n) is 9.65. The molecule has 4 nitrogen and oxygen atoms in total. The fourth-order valence-corrected chi connectivity index (χ4v) is 4.13. The Hall–Kier alpha value is -2.67. The Kier molecular flexibility index (Phi) is 7.62. The normalized spacial score (nSPS) is 19.9. The average molecular weight is 461 g/mol. The Morgan fingerprint density at radius 1 is 1.00 bits per heavy atom. The van der Waals surface area contributed by atoms with E-state index < -0.39 is 17.6 Å². The van der Waals surface area contributed by atoms with Crippen LogP contribution in [0, 0.1) is 0 Å². The van der Waals surface area contributed by atoms with Gasteiger partial charge in [-0.3, -0.25) is 9.79 Å². The number of carbonyl (C=O) groups excluding carboxylic acids is 1. The van der Waals surface area contributed by atoms with Gasteiger partial charge in [0.25, 0.3) is 5.91 Å². The van der Waals surface area contributed by atoms with Crippen LogP contribution < -0.4 is 5.32 Å². The third-order valence-corrected chi connectivity index (χ3v) is 5.92. The molecule has 2 aromatic rings. The van der Waals surface area contributed by atoms with Crippen LogP contribution in [0.4, 0.5) is 13.2 Å². The summed E-state index contributed by atoms with van der Waals surface area (Å²) in [5.41, 5.74) is 1.41. The lowest BCUT2D eigenvalue weighted by Gasteiger charge is -2.25. The fraction of sp³-hybridized carbons (Fsp3) is 0.462. The van der Waals surface area contributed by atoms with Gasteiger partial charge in [0.2, 0.25) is 0 Å². The van der Waals surface area contributed by atoms with Crippen molar-refractivity contribution in [2.24, 2.45) is 4.99 Å². The van der Waals surface area contributed by atoms with Crippen LogP contribution in [0.25, 0.3) is 0 Å². The number of hydrogen-bond acceptors (Lipinski definition) is 3. The smallest absolute Gasteiger partial charge is 0.393 e. The topological polar surface area (TPSA) is 61.7 Å². The number of aliphatic hydroxyl groups excluding tert-OH is 1. The Balaban J connectivity index is 1.86. The SMILES string of the molecule is CC(C)(C)c1ccccc1CC(=NC1CCC(O)CC1)NC(=O)c1ccc(C(F)(F)F)cc1. The van der Waals surface area contributed by atoms with E-state index in [2.05, 4.69) is 32.2 Å². The Morgan fingerprint density at radius 2 is 1.61 bits per heavy atom. The Morgan fingerprint density at radius 3 is 2.18 bits per heavy atom. The number of benzene rings is 2. The van der Waals surface area contributed by atoms with Gasteiger partial charge < -0.3 is 10.4 Å². The first-order valence-electron chi connectivity index (χ1n) is 11.2. The van der Waals surface area contributed by atoms with Crippen LogP contribution in [0.15, 0.2) is 53.5 Å². The van der Waals surface area contributed by atoms with Gasteiger partial charge in [0.05, 0.1) is 17.7 Å². The van der Waals surface area contributed by atoms with Gasteiger partial charge in [-0.1, -0.05) is 45.0 Å². The van der Waals surface area contributed by atoms with Gasteiger partial charge >= 0.3 is 6.18 Å². The number of hydrogen-bond donors (Lipinski definition) is 2. The zero-order chi connectivity index (χ0) is 24.2. The Bertz CT molecular complexity index is 984. The van der Waals surface area contributed by atoms with Gasteiger partial charge in [0.1, 0.15) is 5.84 Å². The lowest BCUT2D eigenvalue weighted by molar-refractivity contribution is -0.137. The summed E-state index contributed by atoms with van der Waals surface area (Å²) in [6, 6.07) is 12.1. The summed E-state index contributed by atoms with van der Waals surface area (Å²) in [6.07, 6.45) is -1.60. The molecule has 7 heteroatoms. The van der Waals surface area contributed by atoms with Gasteiger partial charge in [-0.2, -0.15) is 13.2 Å². The largest absolute Gasteiger partial charge is 0.416 e. The number of alkyl halides is 3. The van der Waals surface area contributed by atoms with Crippen molar-refractivity contribution in [3.05, 3.63) is 70.8 Å². The van der Waals surface area contributed by atoms with E-state index in [0.717, 1.165) is 36.1 Å². The van der Waals surface area contributed by atoms with Crippen LogP contribution in [0.1, 0.15) is 73.5 Å². The first-order valence-corrected chi connectivity index (χ1v) is 11.2. The highest BCUT2D eigenvalue weighted by molar-refractivity contribution is 6.07. The maximum atomic E-state index is 12.9. The number of amides is 1. The standard InChI is InChI=1S/C26H31F3N2O2/c1-25(2,3)22-7-5-4-6-18(22)16-23(30-20-12-14-21(32)15-13-20)31-24(33)17-8-10-19(11-9-17)26(27,28)29/h4-11,20-21,32H,12-16H2,1-3H3,(H,30,31,33). The lowest BCUT2D eigenvalue weighted by Crippen LogP contribution is -2.34. The van der Waals surface area contributed by atoms with Crippen LogP contribution >= 0.6 is 0 Å². The fourth-order valence-electron chi connectivity index (χ4n) is 4.13. The maximum absolute atomic E-state index is 12.9. The summed E-state index contributed by atoms with van der Waals surface area (Å²) in [5.74, 6) is -0.00968. The molecule has 3 rings (SSSR count). The zero-order valence-electron chi connectivity index (χ0n) is 19.2. The third kappa shape index (κ3) is 6.90. The lowest BCUT2D eigenvalue weighted by atomic mass is 9.83. The maximum Gasteiger partial charge on any atom is 0.416 e. The van der Waals surface area contributed by atoms with Crippen molar-refractivity contribution in [1.29, 1.82) is 0 Å². The minimum Gasteiger partial charge on any atom is -0.393 e. The minimum absolute atomic E-state index is 0.0156. The predicted octanol–water partition coefficient (Wildman–Crippen LogP) is 5.68. The molecule has 0 bridgehead atoms. The molecule has 0 saturated heterocycles. The van der Waals surface area contributed by atoms with E-state index in [1.807, 2.05) is 18.2 Å². The van der Waals surface area contributed by atoms with Crippen molar-refractivity contribution < 1.29 is 23.1 Å². The summed E-state index contributed by atoms with van der Waals surface area (Å²) >= 11 is 0. The molecule has 1 saturated carbocycles. The molecule has 0 heterocycles. The van der Waals surface area contributed by atoms with E-state index >= 15 is 0 Å². The van der Waals surface area contributed by atoms with E-state index in [1.165, 1.54) is 12.1 Å². The second kappa shape index (κ2) is 10.1. The van der Waals surface area contributed by atoms with Crippen molar-refractivity contribution in [3.63, 3.8) is 0 Å². The van der Waals surface area contributed by atoms with E-state index in [9.17, 15) is 23.1 Å². The van der Waals surface area contributed by atoms with E-state index in [0.29, 0.717) is 25.1 Å². The zero-order valence-corrected chi connectivity index (χ0v) is 19.2. The number of halogens is 3. The molecular weight excluding hydrogens is 429 g/mol. The van der Waals surface area contributed by atoms with Gasteiger partial charge in [0, 0.05) is 12.0 Å². The van der Waals surface area contributed by atoms with Crippen LogP contribution in [-0.4, -0.2) is 29.0 Å². The molecule has 33 heavy (non-hydrogen) atoms. The van der Waals surface area contributed by atoms with E-state index in [1.54, 1.807) is 0 Å². The highest BCUT2D eigenvalue weighted by Gasteiger charge is 2.30. The number of aliphatic imine (C=N–C) groups is 1. The molecule has 0 radical (unpaired) electrons. The molecular formula is C26H31F3N2O2. The van der Waals surface area contributed by atoms with Crippen molar-refractivity contribution in [1.82, 2.24) is 5.32 Å². The molecule has 178 valence electrons. The summed E-state index contributed by atoms with van der Waals surface area (Å²) in [5, 5.41) is 12.6. The van der Waals surface area contributed by atoms with Crippen LogP contribution in [0.2, 0.25) is 0 Å². The minimum atomic E-state index is -4.45. The third-order valence-electron chi connectivity index (χ3n) is 5.92. The van der Waals surface area contributed by atoms with Crippen molar-refractivity contribution in [2.75, 3.05) is 0 Å². The molecule has 1 amide bonds. The molecule has 0 unspecified atom stereocenters. The molecule has 0 atom stereocenters. The number of rotatable bonds is 4. The molecule has 0 aromatic heterocycles. The average Bonchev–Trinajstić information content (AvgIpc) is 2.74. The molecule has 2 N–H and O–H groups in total. The second-order valence-corrected chi connectivity index (χ2v) is 9.65. The van der Waals surface area contributed by atoms with Crippen LogP contribution in [-0.2, 0) is 18.0 Å². The molecule has 0 spiro atoms. The van der Waals surface area contributed by atoms with Crippen molar-refractivity contribution in [2.45, 2.75) is 76.6 Å². The molecule has 1 aliphatic carbocycles. The monoisotopic (exact) mass is 460 g/mol. The summed E-state index contributed by atoms with van der Waals surface area (Å²) in [4.78, 5) is 17.7. The van der Waals surface area contributed by atoms with Gasteiger partial charge in [0.15, 0.2) is 0 Å². The van der Waals surface area contributed by atoms with Gasteiger partial charge in [-0.25, -0.2) is 0 Å². The van der Waals surface area contributed by atoms with Gasteiger partial charge in [-0.05, 0) is 66.5 Å². The predicted molar refractivity (Wildman–Crippen MR) is 123 cm³/mol. The van der Waals surface area contributed by atoms with Crippen molar-refractivity contribution >= 4 is 11.7 Å². The molecule has 0 aliphatic heterocycles. The first-order chi connectivity index (χ1) is 15.4. The van der Waals surface area contributed by atoms with Gasteiger partial charge in [-0.15, -0.1) is 0 Å². The van der Waals surface area contributed by atoms with E-state index in [4.69, 9.17) is 4.99 Å². The summed E-state index contributed by atoms with van der Waals surface area (Å²) in [7, 11) is 0. The van der Waals surface area contributed by atoms with Crippen molar-refractivity contribution in [3.8, 4) is 0 Å². The number of carbonyl (C=O) groups is 1. The van der Waals surface area contributed by atoms with E-state index in [-0.39, 0.29) is 23.1 Å². The molecule has 2 aromatic carbocycles. The van der Waals surface area contributed by atoms with Crippen LogP contribution in [0.5, 0.6) is 0 Å². The Labute approximate surface area is 192 Å². The highest BCUT2D eigenvalue weighted by Crippen LogP contribution is 2.29.